The van der Waals surface area contributed by atoms with Crippen molar-refractivity contribution in [3.05, 3.63) is 48.5 Å². The molecule has 1 N–H and O–H groups in total. The van der Waals surface area contributed by atoms with Gasteiger partial charge in [-0.1, -0.05) is 6.07 Å². The van der Waals surface area contributed by atoms with Crippen molar-refractivity contribution in [2.24, 2.45) is 0 Å². The van der Waals surface area contributed by atoms with Crippen LogP contribution in [0.15, 0.2) is 47.9 Å². The molecule has 0 saturated heterocycles. The van der Waals surface area contributed by atoms with Crippen LogP contribution in [-0.4, -0.2) is 24.5 Å². The minimum absolute atomic E-state index is 0.110. The molecule has 0 atom stereocenters. The largest absolute Gasteiger partial charge is 0.337 e. The van der Waals surface area contributed by atoms with Crippen LogP contribution in [0, 0.1) is 11.3 Å². The normalized spacial score (nSPS) is 11.2. The predicted molar refractivity (Wildman–Crippen MR) is 73.2 cm³/mol. The molecular weight excluding hydrogens is 276 g/mol. The molecule has 0 aliphatic rings. The third-order valence-electron chi connectivity index (χ3n) is 2.72. The molecule has 0 unspecified atom stereocenters. The van der Waals surface area contributed by atoms with Gasteiger partial charge in [-0.25, -0.2) is 18.1 Å². The number of sulfonamides is 1. The van der Waals surface area contributed by atoms with Crippen molar-refractivity contribution in [3.63, 3.8) is 0 Å². The lowest BCUT2D eigenvalue weighted by molar-refractivity contribution is 0.570. The number of benzene rings is 1. The number of nitriles is 1. The average Bonchev–Trinajstić information content (AvgIpc) is 2.97. The summed E-state index contributed by atoms with van der Waals surface area (Å²) >= 11 is 0. The van der Waals surface area contributed by atoms with Gasteiger partial charge in [0.25, 0.3) is 0 Å². The molecule has 0 radical (unpaired) electrons. The van der Waals surface area contributed by atoms with E-state index in [2.05, 4.69) is 9.71 Å². The van der Waals surface area contributed by atoms with Crippen molar-refractivity contribution in [1.29, 1.82) is 5.26 Å². The Hall–Kier alpha value is -2.17. The highest BCUT2D eigenvalue weighted by molar-refractivity contribution is 7.89. The number of hydrogen-bond acceptors (Lipinski definition) is 4. The Labute approximate surface area is 117 Å². The highest BCUT2D eigenvalue weighted by Gasteiger charge is 2.13. The molecule has 0 aliphatic carbocycles. The summed E-state index contributed by atoms with van der Waals surface area (Å²) in [6.07, 6.45) is 5.85. The first-order chi connectivity index (χ1) is 9.62. The topological polar surface area (TPSA) is 87.8 Å². The van der Waals surface area contributed by atoms with Crippen LogP contribution < -0.4 is 4.72 Å². The van der Waals surface area contributed by atoms with Crippen LogP contribution in [0.2, 0.25) is 0 Å². The van der Waals surface area contributed by atoms with Crippen molar-refractivity contribution >= 4 is 10.0 Å². The molecule has 2 aromatic rings. The zero-order valence-corrected chi connectivity index (χ0v) is 11.5. The van der Waals surface area contributed by atoms with Crippen LogP contribution in [0.25, 0.3) is 0 Å². The summed E-state index contributed by atoms with van der Waals surface area (Å²) in [4.78, 5) is 4.02. The fourth-order valence-electron chi connectivity index (χ4n) is 1.70. The molecule has 0 fully saturated rings. The van der Waals surface area contributed by atoms with E-state index in [-0.39, 0.29) is 4.90 Å². The second-order valence-electron chi connectivity index (χ2n) is 4.19. The monoisotopic (exact) mass is 290 g/mol. The molecule has 0 bridgehead atoms. The van der Waals surface area contributed by atoms with Crippen molar-refractivity contribution < 1.29 is 8.42 Å². The lowest BCUT2D eigenvalue weighted by Crippen LogP contribution is -2.25. The summed E-state index contributed by atoms with van der Waals surface area (Å²) in [6.45, 7) is 1.03. The minimum atomic E-state index is -3.56. The van der Waals surface area contributed by atoms with E-state index in [9.17, 15) is 8.42 Å². The summed E-state index contributed by atoms with van der Waals surface area (Å²) in [5.74, 6) is 0. The van der Waals surface area contributed by atoms with Crippen molar-refractivity contribution in [2.45, 2.75) is 17.9 Å². The molecule has 0 amide bonds. The second-order valence-corrected chi connectivity index (χ2v) is 5.96. The van der Waals surface area contributed by atoms with Crippen molar-refractivity contribution in [2.75, 3.05) is 6.54 Å². The summed E-state index contributed by atoms with van der Waals surface area (Å²) in [6, 6.07) is 7.88. The van der Waals surface area contributed by atoms with E-state index >= 15 is 0 Å². The number of hydrogen-bond donors (Lipinski definition) is 1. The Kier molecular flexibility index (Phi) is 4.50. The number of nitrogens with zero attached hydrogens (tertiary/aromatic N) is 3. The molecule has 6 nitrogen and oxygen atoms in total. The first-order valence-corrected chi connectivity index (χ1v) is 7.56. The van der Waals surface area contributed by atoms with Gasteiger partial charge in [0.1, 0.15) is 0 Å². The van der Waals surface area contributed by atoms with E-state index in [1.807, 2.05) is 16.8 Å². The van der Waals surface area contributed by atoms with Crippen LogP contribution >= 0.6 is 0 Å². The quantitative estimate of drug-likeness (QED) is 0.808. The van der Waals surface area contributed by atoms with Gasteiger partial charge in [0, 0.05) is 25.5 Å². The maximum absolute atomic E-state index is 12.0. The van der Waals surface area contributed by atoms with Gasteiger partial charge < -0.3 is 4.57 Å². The molecule has 0 aliphatic heterocycles. The zero-order valence-electron chi connectivity index (χ0n) is 10.7. The average molecular weight is 290 g/mol. The van der Waals surface area contributed by atoms with Gasteiger partial charge in [-0.05, 0) is 24.6 Å². The van der Waals surface area contributed by atoms with E-state index in [4.69, 9.17) is 5.26 Å². The Bertz CT molecular complexity index is 702. The second kappa shape index (κ2) is 6.32. The first-order valence-electron chi connectivity index (χ1n) is 6.07. The van der Waals surface area contributed by atoms with Crippen LogP contribution in [0.5, 0.6) is 0 Å². The van der Waals surface area contributed by atoms with Gasteiger partial charge >= 0.3 is 0 Å². The van der Waals surface area contributed by atoms with Gasteiger partial charge in [0.05, 0.1) is 22.9 Å². The van der Waals surface area contributed by atoms with Crippen LogP contribution in [0.1, 0.15) is 12.0 Å². The lowest BCUT2D eigenvalue weighted by Gasteiger charge is -2.07. The number of rotatable bonds is 6. The van der Waals surface area contributed by atoms with Gasteiger partial charge in [0.15, 0.2) is 0 Å². The number of imidazole rings is 1. The summed E-state index contributed by atoms with van der Waals surface area (Å²) in [5, 5.41) is 8.77. The van der Waals surface area contributed by atoms with Gasteiger partial charge in [-0.3, -0.25) is 0 Å². The number of aryl methyl sites for hydroxylation is 1. The molecule has 0 spiro atoms. The molecule has 7 heteroatoms. The van der Waals surface area contributed by atoms with E-state index in [1.54, 1.807) is 24.7 Å². The standard InChI is InChI=1S/C13H14N4O2S/c14-10-12-3-1-4-13(9-12)20(18,19)16-5-2-7-17-8-6-15-11-17/h1,3-4,6,8-9,11,16H,2,5,7H2. The molecule has 0 saturated carbocycles. The van der Waals surface area contributed by atoms with Crippen LogP contribution in [-0.2, 0) is 16.6 Å². The third-order valence-corrected chi connectivity index (χ3v) is 4.18. The summed E-state index contributed by atoms with van der Waals surface area (Å²) < 4.78 is 28.4. The molecule has 1 aromatic heterocycles. The van der Waals surface area contributed by atoms with Crippen LogP contribution in [0.3, 0.4) is 0 Å². The van der Waals surface area contributed by atoms with Crippen LogP contribution in [0.4, 0.5) is 0 Å². The zero-order chi connectivity index (χ0) is 14.4. The van der Waals surface area contributed by atoms with Gasteiger partial charge in [0.2, 0.25) is 10.0 Å². The Morgan fingerprint density at radius 1 is 1.40 bits per heavy atom. The van der Waals surface area contributed by atoms with E-state index < -0.39 is 10.0 Å². The SMILES string of the molecule is N#Cc1cccc(S(=O)(=O)NCCCn2ccnc2)c1. The molecule has 20 heavy (non-hydrogen) atoms. The van der Waals surface area contributed by atoms with E-state index in [0.29, 0.717) is 25.1 Å². The molecule has 1 heterocycles. The Balaban J connectivity index is 1.92. The fourth-order valence-corrected chi connectivity index (χ4v) is 2.82. The maximum atomic E-state index is 12.0. The molecule has 2 rings (SSSR count). The minimum Gasteiger partial charge on any atom is -0.337 e. The predicted octanol–water partition coefficient (Wildman–Crippen LogP) is 1.12. The molecule has 1 aromatic carbocycles. The summed E-state index contributed by atoms with van der Waals surface area (Å²) in [5.41, 5.74) is 0.325. The van der Waals surface area contributed by atoms with Gasteiger partial charge in [-0.15, -0.1) is 0 Å². The molecular formula is C13H14N4O2S. The maximum Gasteiger partial charge on any atom is 0.240 e. The highest BCUT2D eigenvalue weighted by Crippen LogP contribution is 2.10. The lowest BCUT2D eigenvalue weighted by atomic mass is 10.2. The van der Waals surface area contributed by atoms with Gasteiger partial charge in [-0.2, -0.15) is 5.26 Å². The van der Waals surface area contributed by atoms with E-state index in [1.165, 1.54) is 12.1 Å². The third kappa shape index (κ3) is 3.66. The number of aromatic nitrogens is 2. The molecule has 104 valence electrons. The smallest absolute Gasteiger partial charge is 0.240 e. The number of nitrogens with one attached hydrogen (secondary N) is 1. The highest BCUT2D eigenvalue weighted by atomic mass is 32.2. The summed E-state index contributed by atoms with van der Waals surface area (Å²) in [7, 11) is -3.56. The Morgan fingerprint density at radius 3 is 2.95 bits per heavy atom. The van der Waals surface area contributed by atoms with E-state index in [0.717, 1.165) is 0 Å². The van der Waals surface area contributed by atoms with Crippen molar-refractivity contribution in [3.8, 4) is 6.07 Å². The fraction of sp³-hybridized carbons (Fsp3) is 0.231. The van der Waals surface area contributed by atoms with Crippen molar-refractivity contribution in [1.82, 2.24) is 14.3 Å². The Morgan fingerprint density at radius 2 is 2.25 bits per heavy atom. The first kappa shape index (κ1) is 14.2.